The molecule has 120 valence electrons. The molecule has 2 saturated heterocycles. The van der Waals surface area contributed by atoms with E-state index >= 15 is 0 Å². The Morgan fingerprint density at radius 1 is 1.14 bits per heavy atom. The summed E-state index contributed by atoms with van der Waals surface area (Å²) in [5.74, 6) is 2.42. The van der Waals surface area contributed by atoms with Crippen LogP contribution in [0.25, 0.3) is 0 Å². The molecule has 0 aromatic carbocycles. The maximum atomic E-state index is 12.3. The summed E-state index contributed by atoms with van der Waals surface area (Å²) in [6.45, 7) is 1.77. The summed E-state index contributed by atoms with van der Waals surface area (Å²) >= 11 is 1.99. The molecule has 1 N–H and O–H groups in total. The van der Waals surface area contributed by atoms with Crippen LogP contribution in [-0.2, 0) is 14.3 Å². The minimum atomic E-state index is -0.826. The van der Waals surface area contributed by atoms with Gasteiger partial charge in [0, 0.05) is 19.5 Å². The molecule has 0 atom stereocenters. The second-order valence-corrected chi connectivity index (χ2v) is 7.08. The molecule has 0 unspecified atom stereocenters. The monoisotopic (exact) mass is 315 g/mol. The molecule has 0 bridgehead atoms. The number of thioether (sulfide) groups is 1. The summed E-state index contributed by atoms with van der Waals surface area (Å²) in [6, 6.07) is 0. The molecule has 0 aromatic rings. The van der Waals surface area contributed by atoms with Crippen LogP contribution in [0.2, 0.25) is 0 Å². The van der Waals surface area contributed by atoms with Gasteiger partial charge in [-0.3, -0.25) is 9.59 Å². The van der Waals surface area contributed by atoms with Crippen molar-refractivity contribution in [3.05, 3.63) is 0 Å². The van der Waals surface area contributed by atoms with Crippen molar-refractivity contribution >= 4 is 23.6 Å². The lowest BCUT2D eigenvalue weighted by molar-refractivity contribution is -0.139. The van der Waals surface area contributed by atoms with Gasteiger partial charge in [0.25, 0.3) is 0 Å². The molecule has 0 aliphatic carbocycles. The van der Waals surface area contributed by atoms with E-state index in [1.54, 1.807) is 0 Å². The van der Waals surface area contributed by atoms with Crippen molar-refractivity contribution in [3.8, 4) is 0 Å². The number of carboxylic acid groups (broad SMARTS) is 1. The topological polar surface area (TPSA) is 66.8 Å². The van der Waals surface area contributed by atoms with Gasteiger partial charge < -0.3 is 14.7 Å². The standard InChI is InChI=1S/C15H25NO4S/c17-14(11-12-4-9-21-10-5-12)16-6-1-13(2-7-16)20-8-3-15(18)19/h12-13H,1-11H2,(H,18,19). The number of carbonyl (C=O) groups is 2. The maximum Gasteiger partial charge on any atom is 0.305 e. The quantitative estimate of drug-likeness (QED) is 0.812. The predicted octanol–water partition coefficient (Wildman–Crippen LogP) is 2.00. The van der Waals surface area contributed by atoms with E-state index in [9.17, 15) is 9.59 Å². The number of ether oxygens (including phenoxy) is 1. The number of likely N-dealkylation sites (tertiary alicyclic amines) is 1. The number of aliphatic carboxylic acids is 1. The predicted molar refractivity (Wildman–Crippen MR) is 82.5 cm³/mol. The number of hydrogen-bond acceptors (Lipinski definition) is 4. The van der Waals surface area contributed by atoms with Gasteiger partial charge in [-0.25, -0.2) is 0 Å². The van der Waals surface area contributed by atoms with Gasteiger partial charge in [-0.15, -0.1) is 0 Å². The summed E-state index contributed by atoms with van der Waals surface area (Å²) < 4.78 is 5.55. The molecule has 21 heavy (non-hydrogen) atoms. The summed E-state index contributed by atoms with van der Waals surface area (Å²) in [5, 5.41) is 8.58. The lowest BCUT2D eigenvalue weighted by atomic mass is 9.97. The third-order valence-corrected chi connectivity index (χ3v) is 5.32. The summed E-state index contributed by atoms with van der Waals surface area (Å²) in [5.41, 5.74) is 0. The number of amides is 1. The van der Waals surface area contributed by atoms with Crippen molar-refractivity contribution in [3.63, 3.8) is 0 Å². The highest BCUT2D eigenvalue weighted by molar-refractivity contribution is 7.99. The lowest BCUT2D eigenvalue weighted by Gasteiger charge is -2.33. The van der Waals surface area contributed by atoms with E-state index in [1.165, 1.54) is 24.3 Å². The first kappa shape index (κ1) is 16.6. The van der Waals surface area contributed by atoms with Gasteiger partial charge in [0.1, 0.15) is 0 Å². The van der Waals surface area contributed by atoms with E-state index in [1.807, 2.05) is 16.7 Å². The van der Waals surface area contributed by atoms with Crippen LogP contribution in [0.1, 0.15) is 38.5 Å². The van der Waals surface area contributed by atoms with E-state index < -0.39 is 5.97 Å². The zero-order chi connectivity index (χ0) is 15.1. The molecule has 0 saturated carbocycles. The summed E-state index contributed by atoms with van der Waals surface area (Å²) in [7, 11) is 0. The first-order valence-electron chi connectivity index (χ1n) is 7.84. The molecule has 2 rings (SSSR count). The highest BCUT2D eigenvalue weighted by Crippen LogP contribution is 2.26. The highest BCUT2D eigenvalue weighted by atomic mass is 32.2. The van der Waals surface area contributed by atoms with Gasteiger partial charge in [0.15, 0.2) is 0 Å². The van der Waals surface area contributed by atoms with Crippen molar-refractivity contribution in [1.29, 1.82) is 0 Å². The van der Waals surface area contributed by atoms with E-state index in [2.05, 4.69) is 0 Å². The minimum Gasteiger partial charge on any atom is -0.481 e. The van der Waals surface area contributed by atoms with Crippen molar-refractivity contribution in [2.45, 2.75) is 44.6 Å². The molecule has 2 fully saturated rings. The number of rotatable bonds is 6. The van der Waals surface area contributed by atoms with Crippen molar-refractivity contribution in [1.82, 2.24) is 4.90 Å². The van der Waals surface area contributed by atoms with E-state index in [0.29, 0.717) is 12.3 Å². The number of piperidine rings is 1. The fourth-order valence-corrected chi connectivity index (χ4v) is 4.12. The van der Waals surface area contributed by atoms with Gasteiger partial charge in [0.2, 0.25) is 5.91 Å². The Bertz CT molecular complexity index is 350. The fraction of sp³-hybridized carbons (Fsp3) is 0.867. The van der Waals surface area contributed by atoms with Crippen molar-refractivity contribution in [2.24, 2.45) is 5.92 Å². The molecule has 0 spiro atoms. The smallest absolute Gasteiger partial charge is 0.305 e. The first-order chi connectivity index (χ1) is 10.1. The Morgan fingerprint density at radius 3 is 2.43 bits per heavy atom. The number of carboxylic acids is 1. The molecule has 6 heteroatoms. The molecular formula is C15H25NO4S. The molecule has 2 aliphatic rings. The van der Waals surface area contributed by atoms with Crippen LogP contribution in [-0.4, -0.2) is 59.2 Å². The first-order valence-corrected chi connectivity index (χ1v) is 8.99. The fourth-order valence-electron chi connectivity index (χ4n) is 2.91. The maximum absolute atomic E-state index is 12.3. The second kappa shape index (κ2) is 8.63. The lowest BCUT2D eigenvalue weighted by Crippen LogP contribution is -2.41. The van der Waals surface area contributed by atoms with Crippen LogP contribution < -0.4 is 0 Å². The summed E-state index contributed by atoms with van der Waals surface area (Å²) in [4.78, 5) is 24.7. The Morgan fingerprint density at radius 2 is 1.81 bits per heavy atom. The largest absolute Gasteiger partial charge is 0.481 e. The summed E-state index contributed by atoms with van der Waals surface area (Å²) in [6.07, 6.45) is 4.86. The molecule has 0 radical (unpaired) electrons. The van der Waals surface area contributed by atoms with Crippen molar-refractivity contribution < 1.29 is 19.4 Å². The molecular weight excluding hydrogens is 290 g/mol. The van der Waals surface area contributed by atoms with E-state index in [0.717, 1.165) is 25.9 Å². The van der Waals surface area contributed by atoms with Crippen LogP contribution in [0, 0.1) is 5.92 Å². The zero-order valence-electron chi connectivity index (χ0n) is 12.5. The third kappa shape index (κ3) is 5.87. The van der Waals surface area contributed by atoms with Gasteiger partial charge in [-0.05, 0) is 43.1 Å². The van der Waals surface area contributed by atoms with Gasteiger partial charge in [0.05, 0.1) is 19.1 Å². The SMILES string of the molecule is O=C(O)CCOC1CCN(C(=O)CC2CCSCC2)CC1. The van der Waals surface area contributed by atoms with Crippen LogP contribution in [0.5, 0.6) is 0 Å². The Labute approximate surface area is 130 Å². The van der Waals surface area contributed by atoms with Crippen LogP contribution in [0.4, 0.5) is 0 Å². The van der Waals surface area contributed by atoms with Crippen LogP contribution in [0.3, 0.4) is 0 Å². The van der Waals surface area contributed by atoms with Crippen LogP contribution in [0.15, 0.2) is 0 Å². The van der Waals surface area contributed by atoms with E-state index in [4.69, 9.17) is 9.84 Å². The minimum absolute atomic E-state index is 0.0544. The average Bonchev–Trinajstić information content (AvgIpc) is 2.48. The van der Waals surface area contributed by atoms with Crippen LogP contribution >= 0.6 is 11.8 Å². The Kier molecular flexibility index (Phi) is 6.83. The molecule has 1 amide bonds. The Hall–Kier alpha value is -0.750. The van der Waals surface area contributed by atoms with Crippen molar-refractivity contribution in [2.75, 3.05) is 31.2 Å². The third-order valence-electron chi connectivity index (χ3n) is 4.27. The average molecular weight is 315 g/mol. The molecule has 5 nitrogen and oxygen atoms in total. The zero-order valence-corrected chi connectivity index (χ0v) is 13.3. The van der Waals surface area contributed by atoms with Gasteiger partial charge in [-0.2, -0.15) is 11.8 Å². The number of nitrogens with zero attached hydrogens (tertiary/aromatic N) is 1. The Balaban J connectivity index is 1.63. The molecule has 2 heterocycles. The molecule has 2 aliphatic heterocycles. The second-order valence-electron chi connectivity index (χ2n) is 5.85. The normalized spacial score (nSPS) is 21.4. The number of carbonyl (C=O) groups excluding carboxylic acids is 1. The van der Waals surface area contributed by atoms with Gasteiger partial charge >= 0.3 is 5.97 Å². The van der Waals surface area contributed by atoms with Gasteiger partial charge in [-0.1, -0.05) is 0 Å². The number of hydrogen-bond donors (Lipinski definition) is 1. The highest BCUT2D eigenvalue weighted by Gasteiger charge is 2.25. The molecule has 0 aromatic heterocycles. The van der Waals surface area contributed by atoms with E-state index in [-0.39, 0.29) is 25.0 Å².